The Morgan fingerprint density at radius 2 is 1.72 bits per heavy atom. The molecule has 1 aliphatic carbocycles. The first-order chi connectivity index (χ1) is 13.7. The first-order valence-electron chi connectivity index (χ1n) is 9.73. The van der Waals surface area contributed by atoms with Gasteiger partial charge in [-0.25, -0.2) is 9.97 Å². The number of benzene rings is 1. The fraction of sp³-hybridized carbons (Fsp3) is 0.476. The van der Waals surface area contributed by atoms with Crippen LogP contribution in [0.3, 0.4) is 0 Å². The molecule has 156 valence electrons. The second-order valence-corrected chi connectivity index (χ2v) is 7.63. The van der Waals surface area contributed by atoms with Crippen molar-refractivity contribution in [2.24, 2.45) is 0 Å². The molecule has 0 radical (unpaired) electrons. The molecule has 0 atom stereocenters. The Balaban J connectivity index is 1.75. The van der Waals surface area contributed by atoms with E-state index >= 15 is 0 Å². The van der Waals surface area contributed by atoms with Gasteiger partial charge in [-0.1, -0.05) is 37.0 Å². The topological polar surface area (TPSA) is 66.9 Å². The number of anilines is 1. The Bertz CT molecular complexity index is 859. The van der Waals surface area contributed by atoms with E-state index in [0.29, 0.717) is 12.8 Å². The highest BCUT2D eigenvalue weighted by Gasteiger charge is 2.39. The summed E-state index contributed by atoms with van der Waals surface area (Å²) in [4.78, 5) is 20.7. The SMILES string of the molecule is Cc1ccc(NC2(C(=O)NCc3nc(C)cc(C(F)(F)F)n3)CCCCC2)cc1. The number of carbonyl (C=O) groups excluding carboxylic acids is 1. The van der Waals surface area contributed by atoms with Gasteiger partial charge in [0.25, 0.3) is 0 Å². The molecule has 1 saturated carbocycles. The number of aromatic nitrogens is 2. The summed E-state index contributed by atoms with van der Waals surface area (Å²) in [5, 5.41) is 6.13. The first-order valence-corrected chi connectivity index (χ1v) is 9.73. The summed E-state index contributed by atoms with van der Waals surface area (Å²) >= 11 is 0. The van der Waals surface area contributed by atoms with Crippen molar-refractivity contribution in [3.8, 4) is 0 Å². The number of hydrogen-bond acceptors (Lipinski definition) is 4. The molecule has 5 nitrogen and oxygen atoms in total. The Hall–Kier alpha value is -2.64. The second-order valence-electron chi connectivity index (χ2n) is 7.63. The summed E-state index contributed by atoms with van der Waals surface area (Å²) in [6.07, 6.45) is -0.355. The molecule has 1 aliphatic rings. The fourth-order valence-electron chi connectivity index (χ4n) is 3.66. The van der Waals surface area contributed by atoms with Gasteiger partial charge in [0.05, 0.1) is 6.54 Å². The Morgan fingerprint density at radius 1 is 1.07 bits per heavy atom. The molecule has 8 heteroatoms. The Kier molecular flexibility index (Phi) is 6.10. The van der Waals surface area contributed by atoms with Gasteiger partial charge in [0.1, 0.15) is 17.1 Å². The molecule has 0 aliphatic heterocycles. The molecule has 1 aromatic heterocycles. The molecule has 0 unspecified atom stereocenters. The number of nitrogens with one attached hydrogen (secondary N) is 2. The van der Waals surface area contributed by atoms with Gasteiger partial charge >= 0.3 is 6.18 Å². The molecule has 3 rings (SSSR count). The van der Waals surface area contributed by atoms with Crippen molar-refractivity contribution >= 4 is 11.6 Å². The highest BCUT2D eigenvalue weighted by molar-refractivity contribution is 5.89. The lowest BCUT2D eigenvalue weighted by Gasteiger charge is -2.37. The molecule has 29 heavy (non-hydrogen) atoms. The lowest BCUT2D eigenvalue weighted by Crippen LogP contribution is -2.53. The van der Waals surface area contributed by atoms with E-state index in [1.165, 1.54) is 6.92 Å². The lowest BCUT2D eigenvalue weighted by molar-refractivity contribution is -0.141. The third kappa shape index (κ3) is 5.25. The van der Waals surface area contributed by atoms with E-state index in [1.807, 2.05) is 31.2 Å². The minimum atomic E-state index is -4.55. The maximum absolute atomic E-state index is 13.1. The molecule has 2 N–H and O–H groups in total. The zero-order valence-electron chi connectivity index (χ0n) is 16.6. The summed E-state index contributed by atoms with van der Waals surface area (Å²) < 4.78 is 38.9. The van der Waals surface area contributed by atoms with E-state index < -0.39 is 17.4 Å². The Labute approximate surface area is 168 Å². The average molecular weight is 406 g/mol. The van der Waals surface area contributed by atoms with Crippen LogP contribution in [0.15, 0.2) is 30.3 Å². The second kappa shape index (κ2) is 8.39. The summed E-state index contributed by atoms with van der Waals surface area (Å²) in [5.74, 6) is -0.289. The van der Waals surface area contributed by atoms with Gasteiger partial charge in [-0.15, -0.1) is 0 Å². The quantitative estimate of drug-likeness (QED) is 0.765. The van der Waals surface area contributed by atoms with E-state index in [2.05, 4.69) is 20.6 Å². The maximum Gasteiger partial charge on any atom is 0.433 e. The van der Waals surface area contributed by atoms with E-state index in [9.17, 15) is 18.0 Å². The number of rotatable bonds is 5. The predicted molar refractivity (Wildman–Crippen MR) is 104 cm³/mol. The van der Waals surface area contributed by atoms with E-state index in [1.54, 1.807) is 0 Å². The summed E-state index contributed by atoms with van der Waals surface area (Å²) in [6.45, 7) is 3.31. The van der Waals surface area contributed by atoms with Gasteiger partial charge in [0, 0.05) is 11.4 Å². The van der Waals surface area contributed by atoms with Crippen molar-refractivity contribution in [3.63, 3.8) is 0 Å². The number of aryl methyl sites for hydroxylation is 2. The van der Waals surface area contributed by atoms with E-state index in [4.69, 9.17) is 0 Å². The summed E-state index contributed by atoms with van der Waals surface area (Å²) in [6, 6.07) is 8.69. The number of alkyl halides is 3. The van der Waals surface area contributed by atoms with Crippen LogP contribution in [0, 0.1) is 13.8 Å². The van der Waals surface area contributed by atoms with Crippen LogP contribution in [-0.4, -0.2) is 21.4 Å². The molecule has 1 amide bonds. The van der Waals surface area contributed by atoms with Crippen LogP contribution in [0.1, 0.15) is 54.9 Å². The largest absolute Gasteiger partial charge is 0.433 e. The normalized spacial score (nSPS) is 16.3. The third-order valence-electron chi connectivity index (χ3n) is 5.17. The first kappa shape index (κ1) is 21.1. The molecule has 1 aromatic carbocycles. The molecule has 0 spiro atoms. The third-order valence-corrected chi connectivity index (χ3v) is 5.17. The molecule has 1 fully saturated rings. The Morgan fingerprint density at radius 3 is 2.34 bits per heavy atom. The predicted octanol–water partition coefficient (Wildman–Crippen LogP) is 4.54. The van der Waals surface area contributed by atoms with Crippen molar-refractivity contribution in [1.82, 2.24) is 15.3 Å². The van der Waals surface area contributed by atoms with Gasteiger partial charge in [-0.05, 0) is 44.9 Å². The number of nitrogens with zero attached hydrogens (tertiary/aromatic N) is 2. The number of carbonyl (C=O) groups is 1. The standard InChI is InChI=1S/C21H25F3N4O/c1-14-6-8-16(9-7-14)28-20(10-4-3-5-11-20)19(29)25-13-18-26-15(2)12-17(27-18)21(22,23)24/h6-9,12,28H,3-5,10-11,13H2,1-2H3,(H,25,29). The number of hydrogen-bond donors (Lipinski definition) is 2. The molecule has 1 heterocycles. The van der Waals surface area contributed by atoms with E-state index in [-0.39, 0.29) is 24.0 Å². The lowest BCUT2D eigenvalue weighted by atomic mass is 9.80. The summed E-state index contributed by atoms with van der Waals surface area (Å²) in [7, 11) is 0. The zero-order valence-corrected chi connectivity index (χ0v) is 16.6. The van der Waals surface area contributed by atoms with Crippen LogP contribution < -0.4 is 10.6 Å². The fourth-order valence-corrected chi connectivity index (χ4v) is 3.66. The van der Waals surface area contributed by atoms with Gasteiger partial charge < -0.3 is 10.6 Å². The number of halogens is 3. The molecule has 2 aromatic rings. The maximum atomic E-state index is 13.1. The smallest absolute Gasteiger partial charge is 0.371 e. The van der Waals surface area contributed by atoms with Crippen LogP contribution in [0.25, 0.3) is 0 Å². The van der Waals surface area contributed by atoms with Crippen LogP contribution in [0.2, 0.25) is 0 Å². The minimum Gasteiger partial charge on any atom is -0.371 e. The van der Waals surface area contributed by atoms with E-state index in [0.717, 1.165) is 36.6 Å². The molecule has 0 bridgehead atoms. The van der Waals surface area contributed by atoms with Gasteiger partial charge in [0.15, 0.2) is 0 Å². The van der Waals surface area contributed by atoms with Crippen molar-refractivity contribution in [3.05, 3.63) is 53.1 Å². The van der Waals surface area contributed by atoms with Crippen molar-refractivity contribution < 1.29 is 18.0 Å². The minimum absolute atomic E-state index is 0.0491. The highest BCUT2D eigenvalue weighted by Crippen LogP contribution is 2.32. The van der Waals surface area contributed by atoms with Crippen LogP contribution in [0.5, 0.6) is 0 Å². The van der Waals surface area contributed by atoms with Crippen molar-refractivity contribution in [2.75, 3.05) is 5.32 Å². The van der Waals surface area contributed by atoms with Crippen LogP contribution in [-0.2, 0) is 17.5 Å². The van der Waals surface area contributed by atoms with Gasteiger partial charge in [-0.3, -0.25) is 4.79 Å². The molecule has 0 saturated heterocycles. The molecular weight excluding hydrogens is 381 g/mol. The monoisotopic (exact) mass is 406 g/mol. The van der Waals surface area contributed by atoms with Gasteiger partial charge in [0.2, 0.25) is 5.91 Å². The van der Waals surface area contributed by atoms with Crippen molar-refractivity contribution in [1.29, 1.82) is 0 Å². The zero-order chi connectivity index (χ0) is 21.1. The average Bonchev–Trinajstić information content (AvgIpc) is 2.67. The van der Waals surface area contributed by atoms with Gasteiger partial charge in [-0.2, -0.15) is 13.2 Å². The highest BCUT2D eigenvalue weighted by atomic mass is 19.4. The molecular formula is C21H25F3N4O. The van der Waals surface area contributed by atoms with Crippen molar-refractivity contribution in [2.45, 2.75) is 64.2 Å². The number of amides is 1. The van der Waals surface area contributed by atoms with Crippen LogP contribution >= 0.6 is 0 Å². The van der Waals surface area contributed by atoms with Crippen LogP contribution in [0.4, 0.5) is 18.9 Å². The summed E-state index contributed by atoms with van der Waals surface area (Å²) in [5.41, 5.74) is 0.388.